The van der Waals surface area contributed by atoms with Gasteiger partial charge in [0.1, 0.15) is 5.82 Å². The minimum atomic E-state index is -0.298. The molecule has 1 atom stereocenters. The van der Waals surface area contributed by atoms with Crippen LogP contribution in [-0.4, -0.2) is 31.1 Å². The van der Waals surface area contributed by atoms with Gasteiger partial charge in [-0.3, -0.25) is 0 Å². The van der Waals surface area contributed by atoms with Crippen molar-refractivity contribution in [2.45, 2.75) is 19.9 Å². The van der Waals surface area contributed by atoms with Crippen molar-refractivity contribution in [1.29, 1.82) is 5.26 Å². The van der Waals surface area contributed by atoms with Crippen molar-refractivity contribution in [2.75, 3.05) is 26.2 Å². The summed E-state index contributed by atoms with van der Waals surface area (Å²) in [6.07, 6.45) is 1.22. The van der Waals surface area contributed by atoms with E-state index in [1.165, 1.54) is 19.0 Å². The zero-order valence-corrected chi connectivity index (χ0v) is 11.3. The van der Waals surface area contributed by atoms with Gasteiger partial charge in [0, 0.05) is 18.7 Å². The topological polar surface area (TPSA) is 39.1 Å². The van der Waals surface area contributed by atoms with E-state index >= 15 is 0 Å². The first-order valence-electron chi connectivity index (χ1n) is 6.84. The van der Waals surface area contributed by atoms with Crippen LogP contribution in [0.4, 0.5) is 4.39 Å². The van der Waals surface area contributed by atoms with Gasteiger partial charge in [0.15, 0.2) is 0 Å². The highest BCUT2D eigenvalue weighted by Crippen LogP contribution is 2.15. The van der Waals surface area contributed by atoms with E-state index in [1.54, 1.807) is 12.1 Å². The molecular weight excluding hydrogens is 241 g/mol. The molecule has 1 N–H and O–H groups in total. The zero-order valence-electron chi connectivity index (χ0n) is 11.3. The number of benzene rings is 1. The maximum atomic E-state index is 13.7. The Labute approximate surface area is 114 Å². The predicted molar refractivity (Wildman–Crippen MR) is 73.0 cm³/mol. The van der Waals surface area contributed by atoms with Crippen molar-refractivity contribution < 1.29 is 4.39 Å². The third-order valence-electron chi connectivity index (χ3n) is 3.75. The maximum absolute atomic E-state index is 13.7. The fourth-order valence-electron chi connectivity index (χ4n) is 2.54. The van der Waals surface area contributed by atoms with E-state index in [0.717, 1.165) is 19.6 Å². The molecule has 2 rings (SSSR count). The van der Waals surface area contributed by atoms with Crippen LogP contribution in [-0.2, 0) is 6.54 Å². The van der Waals surface area contributed by atoms with Gasteiger partial charge in [-0.25, -0.2) is 4.39 Å². The van der Waals surface area contributed by atoms with Gasteiger partial charge in [0.05, 0.1) is 11.6 Å². The largest absolute Gasteiger partial charge is 0.312 e. The first kappa shape index (κ1) is 14.0. The van der Waals surface area contributed by atoms with Crippen LogP contribution in [0.15, 0.2) is 18.2 Å². The Bertz CT molecular complexity index is 467. The lowest BCUT2D eigenvalue weighted by atomic mass is 10.1. The molecule has 0 saturated carbocycles. The molecule has 1 saturated heterocycles. The van der Waals surface area contributed by atoms with Crippen LogP contribution in [0.3, 0.4) is 0 Å². The molecule has 0 aliphatic carbocycles. The standard InChI is InChI=1S/C15H20FN3/c1-2-19-6-5-13(11-19)9-18-10-14-4-3-12(8-17)7-15(14)16/h3-4,7,13,18H,2,5-6,9-11H2,1H3. The molecule has 19 heavy (non-hydrogen) atoms. The number of likely N-dealkylation sites (tertiary alicyclic amines) is 1. The Morgan fingerprint density at radius 3 is 3.00 bits per heavy atom. The molecule has 1 aliphatic heterocycles. The van der Waals surface area contributed by atoms with Gasteiger partial charge in [0.2, 0.25) is 0 Å². The second kappa shape index (κ2) is 6.65. The summed E-state index contributed by atoms with van der Waals surface area (Å²) in [6.45, 7) is 7.06. The van der Waals surface area contributed by atoms with Crippen LogP contribution in [0.1, 0.15) is 24.5 Å². The summed E-state index contributed by atoms with van der Waals surface area (Å²) in [5, 5.41) is 12.0. The van der Waals surface area contributed by atoms with Crippen molar-refractivity contribution in [1.82, 2.24) is 10.2 Å². The molecule has 0 aromatic heterocycles. The number of hydrogen-bond acceptors (Lipinski definition) is 3. The molecule has 3 nitrogen and oxygen atoms in total. The van der Waals surface area contributed by atoms with Crippen LogP contribution < -0.4 is 5.32 Å². The number of rotatable bonds is 5. The van der Waals surface area contributed by atoms with Gasteiger partial charge in [-0.05, 0) is 44.1 Å². The second-order valence-corrected chi connectivity index (χ2v) is 5.10. The van der Waals surface area contributed by atoms with Crippen LogP contribution in [0.25, 0.3) is 0 Å². The highest BCUT2D eigenvalue weighted by molar-refractivity contribution is 5.32. The molecule has 1 unspecified atom stereocenters. The number of nitriles is 1. The minimum Gasteiger partial charge on any atom is -0.312 e. The molecule has 1 aromatic carbocycles. The van der Waals surface area contributed by atoms with Crippen LogP contribution >= 0.6 is 0 Å². The fourth-order valence-corrected chi connectivity index (χ4v) is 2.54. The Kier molecular flexibility index (Phi) is 4.89. The van der Waals surface area contributed by atoms with Crippen molar-refractivity contribution in [3.8, 4) is 6.07 Å². The quantitative estimate of drug-likeness (QED) is 0.882. The Morgan fingerprint density at radius 2 is 2.37 bits per heavy atom. The number of nitrogens with zero attached hydrogens (tertiary/aromatic N) is 2. The van der Waals surface area contributed by atoms with E-state index in [9.17, 15) is 4.39 Å². The molecule has 0 radical (unpaired) electrons. The third-order valence-corrected chi connectivity index (χ3v) is 3.75. The molecule has 4 heteroatoms. The minimum absolute atomic E-state index is 0.298. The van der Waals surface area contributed by atoms with Gasteiger partial charge >= 0.3 is 0 Å². The Balaban J connectivity index is 1.79. The molecule has 102 valence electrons. The molecule has 1 fully saturated rings. The van der Waals surface area contributed by atoms with Crippen molar-refractivity contribution >= 4 is 0 Å². The number of hydrogen-bond donors (Lipinski definition) is 1. The average Bonchev–Trinajstić information content (AvgIpc) is 2.88. The Hall–Kier alpha value is -1.44. The zero-order chi connectivity index (χ0) is 13.7. The summed E-state index contributed by atoms with van der Waals surface area (Å²) in [7, 11) is 0. The van der Waals surface area contributed by atoms with E-state index in [4.69, 9.17) is 5.26 Å². The number of nitrogens with one attached hydrogen (secondary N) is 1. The van der Waals surface area contributed by atoms with E-state index in [-0.39, 0.29) is 5.82 Å². The molecule has 1 aliphatic rings. The van der Waals surface area contributed by atoms with E-state index in [1.807, 2.05) is 6.07 Å². The predicted octanol–water partition coefficient (Wildman–Crippen LogP) is 2.13. The van der Waals surface area contributed by atoms with Crippen molar-refractivity contribution in [3.63, 3.8) is 0 Å². The average molecular weight is 261 g/mol. The summed E-state index contributed by atoms with van der Waals surface area (Å²) in [6, 6.07) is 6.59. The highest BCUT2D eigenvalue weighted by Gasteiger charge is 2.20. The molecule has 0 amide bonds. The van der Waals surface area contributed by atoms with Crippen molar-refractivity contribution in [3.05, 3.63) is 35.1 Å². The van der Waals surface area contributed by atoms with Gasteiger partial charge in [-0.15, -0.1) is 0 Å². The summed E-state index contributed by atoms with van der Waals surface area (Å²) < 4.78 is 13.7. The van der Waals surface area contributed by atoms with Crippen LogP contribution in [0.5, 0.6) is 0 Å². The highest BCUT2D eigenvalue weighted by atomic mass is 19.1. The summed E-state index contributed by atoms with van der Waals surface area (Å²) >= 11 is 0. The lowest BCUT2D eigenvalue weighted by molar-refractivity contribution is 0.338. The molecule has 0 bridgehead atoms. The smallest absolute Gasteiger partial charge is 0.129 e. The maximum Gasteiger partial charge on any atom is 0.129 e. The molecule has 0 spiro atoms. The lowest BCUT2D eigenvalue weighted by Crippen LogP contribution is -2.26. The van der Waals surface area contributed by atoms with Gasteiger partial charge in [0.25, 0.3) is 0 Å². The molecule has 1 aromatic rings. The van der Waals surface area contributed by atoms with Gasteiger partial charge < -0.3 is 10.2 Å². The fraction of sp³-hybridized carbons (Fsp3) is 0.533. The van der Waals surface area contributed by atoms with E-state index in [2.05, 4.69) is 17.1 Å². The molecule has 1 heterocycles. The number of halogens is 1. The first-order valence-corrected chi connectivity index (χ1v) is 6.84. The van der Waals surface area contributed by atoms with Crippen LogP contribution in [0.2, 0.25) is 0 Å². The first-order chi connectivity index (χ1) is 9.22. The summed E-state index contributed by atoms with van der Waals surface area (Å²) in [5.74, 6) is 0.370. The molecular formula is C15H20FN3. The summed E-state index contributed by atoms with van der Waals surface area (Å²) in [4.78, 5) is 2.44. The van der Waals surface area contributed by atoms with Crippen LogP contribution in [0, 0.1) is 23.1 Å². The normalized spacial score (nSPS) is 19.5. The third kappa shape index (κ3) is 3.76. The van der Waals surface area contributed by atoms with Gasteiger partial charge in [-0.2, -0.15) is 5.26 Å². The Morgan fingerprint density at radius 1 is 1.53 bits per heavy atom. The SMILES string of the molecule is CCN1CCC(CNCc2ccc(C#N)cc2F)C1. The lowest BCUT2D eigenvalue weighted by Gasteiger charge is -2.14. The second-order valence-electron chi connectivity index (χ2n) is 5.10. The summed E-state index contributed by atoms with van der Waals surface area (Å²) in [5.41, 5.74) is 1.000. The monoisotopic (exact) mass is 261 g/mol. The van der Waals surface area contributed by atoms with E-state index in [0.29, 0.717) is 23.6 Å². The van der Waals surface area contributed by atoms with Gasteiger partial charge in [-0.1, -0.05) is 13.0 Å². The van der Waals surface area contributed by atoms with E-state index < -0.39 is 0 Å². The van der Waals surface area contributed by atoms with Crippen molar-refractivity contribution in [2.24, 2.45) is 5.92 Å².